The van der Waals surface area contributed by atoms with Crippen LogP contribution in [-0.4, -0.2) is 72.2 Å². The number of fused-ring (bicyclic) bond motifs is 1. The quantitative estimate of drug-likeness (QED) is 0.729. The van der Waals surface area contributed by atoms with Crippen molar-refractivity contribution in [2.45, 2.75) is 32.2 Å². The summed E-state index contributed by atoms with van der Waals surface area (Å²) in [6.45, 7) is 7.68. The molecule has 26 heavy (non-hydrogen) atoms. The van der Waals surface area contributed by atoms with Crippen LogP contribution in [0.2, 0.25) is 0 Å². The van der Waals surface area contributed by atoms with Crippen molar-refractivity contribution in [3.8, 4) is 0 Å². The lowest BCUT2D eigenvalue weighted by atomic mass is 9.96. The molecule has 4 heterocycles. The fourth-order valence-corrected chi connectivity index (χ4v) is 2.95. The van der Waals surface area contributed by atoms with Crippen molar-refractivity contribution in [3.05, 3.63) is 29.8 Å². The first-order chi connectivity index (χ1) is 12.3. The Bertz CT molecular complexity index is 934. The highest BCUT2D eigenvalue weighted by Gasteiger charge is 2.34. The average Bonchev–Trinajstić information content (AvgIpc) is 3.21. The summed E-state index contributed by atoms with van der Waals surface area (Å²) in [6.07, 6.45) is 1.44. The Morgan fingerprint density at radius 1 is 1.27 bits per heavy atom. The molecule has 0 spiro atoms. The monoisotopic (exact) mass is 355 g/mol. The van der Waals surface area contributed by atoms with E-state index in [1.165, 1.54) is 6.20 Å². The van der Waals surface area contributed by atoms with Crippen LogP contribution in [0.4, 0.5) is 5.82 Å². The first-order valence-corrected chi connectivity index (χ1v) is 8.45. The first-order valence-electron chi connectivity index (χ1n) is 8.45. The van der Waals surface area contributed by atoms with Gasteiger partial charge in [-0.1, -0.05) is 20.8 Å². The van der Waals surface area contributed by atoms with Crippen molar-refractivity contribution in [2.75, 3.05) is 25.0 Å². The zero-order chi connectivity index (χ0) is 18.5. The molecule has 10 nitrogen and oxygen atoms in total. The van der Waals surface area contributed by atoms with Gasteiger partial charge in [0, 0.05) is 25.6 Å². The lowest BCUT2D eigenvalue weighted by molar-refractivity contribution is 0.0699. The average molecular weight is 355 g/mol. The van der Waals surface area contributed by atoms with E-state index in [4.69, 9.17) is 5.10 Å². The predicted molar refractivity (Wildman–Crippen MR) is 94.0 cm³/mol. The molecule has 4 rings (SSSR count). The number of hydrogen-bond donors (Lipinski definition) is 1. The molecule has 0 saturated carbocycles. The molecule has 0 atom stereocenters. The van der Waals surface area contributed by atoms with Crippen LogP contribution in [0.5, 0.6) is 0 Å². The highest BCUT2D eigenvalue weighted by Crippen LogP contribution is 2.25. The van der Waals surface area contributed by atoms with Crippen LogP contribution in [0.15, 0.2) is 18.3 Å². The maximum Gasteiger partial charge on any atom is 0.276 e. The number of likely N-dealkylation sites (N-methyl/N-ethyl adjacent to an activating group) is 1. The third-order valence-corrected chi connectivity index (χ3v) is 4.61. The number of amides is 1. The van der Waals surface area contributed by atoms with Crippen LogP contribution in [0.3, 0.4) is 0 Å². The van der Waals surface area contributed by atoms with Crippen LogP contribution in [0, 0.1) is 0 Å². The second-order valence-corrected chi connectivity index (χ2v) is 7.57. The van der Waals surface area contributed by atoms with Crippen LogP contribution in [0.25, 0.3) is 5.65 Å². The van der Waals surface area contributed by atoms with Gasteiger partial charge in [-0.05, 0) is 12.1 Å². The number of hydrogen-bond acceptors (Lipinski definition) is 7. The Morgan fingerprint density at radius 2 is 2.04 bits per heavy atom. The molecule has 136 valence electrons. The molecule has 1 aliphatic heterocycles. The number of nitrogens with zero attached hydrogens (tertiary/aromatic N) is 8. The molecule has 1 N–H and O–H groups in total. The van der Waals surface area contributed by atoms with Gasteiger partial charge in [0.25, 0.3) is 5.91 Å². The number of rotatable bonds is 3. The SMILES string of the molecule is CN(C(=O)c1cn[nH]n1)C1CN(c2ccc3nnc(C(C)(C)C)n3n2)C1. The van der Waals surface area contributed by atoms with E-state index in [-0.39, 0.29) is 17.4 Å². The molecule has 1 saturated heterocycles. The van der Waals surface area contributed by atoms with Gasteiger partial charge in [-0.15, -0.1) is 15.3 Å². The molecule has 3 aromatic heterocycles. The smallest absolute Gasteiger partial charge is 0.276 e. The third kappa shape index (κ3) is 2.67. The largest absolute Gasteiger partial charge is 0.351 e. The second-order valence-electron chi connectivity index (χ2n) is 7.57. The van der Waals surface area contributed by atoms with Crippen molar-refractivity contribution < 1.29 is 4.79 Å². The minimum atomic E-state index is -0.146. The number of aromatic amines is 1. The zero-order valence-corrected chi connectivity index (χ0v) is 15.2. The Kier molecular flexibility index (Phi) is 3.63. The molecular weight excluding hydrogens is 334 g/mol. The summed E-state index contributed by atoms with van der Waals surface area (Å²) in [6, 6.07) is 3.97. The zero-order valence-electron chi connectivity index (χ0n) is 15.2. The van der Waals surface area contributed by atoms with Gasteiger partial charge >= 0.3 is 0 Å². The van der Waals surface area contributed by atoms with E-state index in [9.17, 15) is 4.79 Å². The van der Waals surface area contributed by atoms with Gasteiger partial charge in [-0.25, -0.2) is 0 Å². The molecule has 3 aromatic rings. The number of carbonyl (C=O) groups excluding carboxylic acids is 1. The lowest BCUT2D eigenvalue weighted by Gasteiger charge is -2.44. The summed E-state index contributed by atoms with van der Waals surface area (Å²) < 4.78 is 1.80. The molecule has 0 unspecified atom stereocenters. The van der Waals surface area contributed by atoms with E-state index in [0.29, 0.717) is 18.8 Å². The fourth-order valence-electron chi connectivity index (χ4n) is 2.95. The maximum atomic E-state index is 12.3. The number of anilines is 1. The third-order valence-electron chi connectivity index (χ3n) is 4.61. The molecule has 0 aliphatic carbocycles. The fraction of sp³-hybridized carbons (Fsp3) is 0.500. The topological polar surface area (TPSA) is 108 Å². The van der Waals surface area contributed by atoms with Crippen LogP contribution >= 0.6 is 0 Å². The molecule has 10 heteroatoms. The van der Waals surface area contributed by atoms with E-state index < -0.39 is 0 Å². The Balaban J connectivity index is 1.49. The Morgan fingerprint density at radius 3 is 2.69 bits per heavy atom. The van der Waals surface area contributed by atoms with E-state index >= 15 is 0 Å². The highest BCUT2D eigenvalue weighted by molar-refractivity contribution is 5.92. The van der Waals surface area contributed by atoms with E-state index in [2.05, 4.69) is 51.3 Å². The van der Waals surface area contributed by atoms with Crippen molar-refractivity contribution in [3.63, 3.8) is 0 Å². The summed E-state index contributed by atoms with van der Waals surface area (Å²) in [5, 5.41) is 23.2. The van der Waals surface area contributed by atoms with Crippen molar-refractivity contribution in [1.29, 1.82) is 0 Å². The van der Waals surface area contributed by atoms with Crippen molar-refractivity contribution in [2.24, 2.45) is 0 Å². The molecule has 1 aliphatic rings. The van der Waals surface area contributed by atoms with Gasteiger partial charge in [0.1, 0.15) is 5.82 Å². The summed E-state index contributed by atoms with van der Waals surface area (Å²) in [4.78, 5) is 16.2. The minimum absolute atomic E-state index is 0.111. The van der Waals surface area contributed by atoms with Crippen LogP contribution in [-0.2, 0) is 5.41 Å². The minimum Gasteiger partial charge on any atom is -0.351 e. The molecule has 0 aromatic carbocycles. The van der Waals surface area contributed by atoms with Crippen molar-refractivity contribution >= 4 is 17.4 Å². The maximum absolute atomic E-state index is 12.3. The summed E-state index contributed by atoms with van der Waals surface area (Å²) in [7, 11) is 1.78. The van der Waals surface area contributed by atoms with E-state index in [0.717, 1.165) is 17.3 Å². The van der Waals surface area contributed by atoms with E-state index in [1.807, 2.05) is 12.1 Å². The van der Waals surface area contributed by atoms with Gasteiger partial charge in [-0.2, -0.15) is 19.9 Å². The molecule has 1 fully saturated rings. The number of carbonyl (C=O) groups is 1. The van der Waals surface area contributed by atoms with Gasteiger partial charge in [0.2, 0.25) is 0 Å². The Hall–Kier alpha value is -3.04. The molecule has 0 radical (unpaired) electrons. The highest BCUT2D eigenvalue weighted by atomic mass is 16.2. The molecular formula is C16H21N9O. The number of aromatic nitrogens is 7. The number of H-pyrrole nitrogens is 1. The van der Waals surface area contributed by atoms with Gasteiger partial charge in [0.05, 0.1) is 12.2 Å². The second kappa shape index (κ2) is 5.75. The van der Waals surface area contributed by atoms with Gasteiger partial charge < -0.3 is 9.80 Å². The first kappa shape index (κ1) is 16.4. The summed E-state index contributed by atoms with van der Waals surface area (Å²) in [5.41, 5.74) is 0.908. The number of nitrogens with one attached hydrogen (secondary N) is 1. The van der Waals surface area contributed by atoms with E-state index in [1.54, 1.807) is 16.5 Å². The van der Waals surface area contributed by atoms with Crippen LogP contribution in [0.1, 0.15) is 37.1 Å². The summed E-state index contributed by atoms with van der Waals surface area (Å²) >= 11 is 0. The van der Waals surface area contributed by atoms with Gasteiger partial charge in [0.15, 0.2) is 17.2 Å². The van der Waals surface area contributed by atoms with Crippen LogP contribution < -0.4 is 4.90 Å². The lowest BCUT2D eigenvalue weighted by Crippen LogP contribution is -2.60. The Labute approximate surface area is 150 Å². The molecule has 0 bridgehead atoms. The standard InChI is InChI=1S/C16H21N9O/c1-16(2,3)15-20-19-12-5-6-13(21-25(12)15)24-8-10(9-24)23(4)14(26)11-7-17-22-18-11/h5-7,10H,8-9H2,1-4H3,(H,17,18,22). The predicted octanol–water partition coefficient (Wildman–Crippen LogP) is 0.501. The normalized spacial score (nSPS) is 15.3. The van der Waals surface area contributed by atoms with Crippen molar-refractivity contribution in [1.82, 2.24) is 40.1 Å². The van der Waals surface area contributed by atoms with Gasteiger partial charge in [-0.3, -0.25) is 4.79 Å². The summed E-state index contributed by atoms with van der Waals surface area (Å²) in [5.74, 6) is 1.53. The molecule has 1 amide bonds.